The number of aromatic nitrogens is 1. The average molecular weight is 501 g/mol. The number of unbranched alkanes of at least 4 members (excludes halogenated alkanes) is 1. The molecule has 2 N–H and O–H groups in total. The summed E-state index contributed by atoms with van der Waals surface area (Å²) in [6, 6.07) is 18.4. The van der Waals surface area contributed by atoms with Crippen molar-refractivity contribution in [2.45, 2.75) is 88.6 Å². The largest absolute Gasteiger partial charge is 0.378 e. The summed E-state index contributed by atoms with van der Waals surface area (Å²) in [6.07, 6.45) is 8.04. The Morgan fingerprint density at radius 2 is 1.84 bits per heavy atom. The summed E-state index contributed by atoms with van der Waals surface area (Å²) in [7, 11) is 0. The molecular weight excluding hydrogens is 459 g/mol. The second-order valence-electron chi connectivity index (χ2n) is 12.3. The molecule has 3 heterocycles. The standard InChI is InChI=1S/C32H41FN4/c1-3-4-17-36-19-27(33)29(20-36)34-24-11-9-22(10-12-24)31-30-26(25-7-5-6-8-28(25)35-30)18-21(2)37(31)32-15-13-23(32)14-16-32/h5-12,21,23,27,29,31,34-35H,3-4,13-20H2,1-2H3/t21-,23?,27-,29-,31-,32?/m1/s1. The highest BCUT2D eigenvalue weighted by Gasteiger charge is 2.60. The van der Waals surface area contributed by atoms with Gasteiger partial charge in [0.25, 0.3) is 0 Å². The van der Waals surface area contributed by atoms with Crippen LogP contribution < -0.4 is 5.32 Å². The highest BCUT2D eigenvalue weighted by atomic mass is 19.1. The minimum atomic E-state index is -0.812. The molecule has 196 valence electrons. The maximum Gasteiger partial charge on any atom is 0.134 e. The molecule has 2 aliphatic carbocycles. The number of H-pyrrole nitrogens is 1. The molecule has 0 unspecified atom stereocenters. The Bertz CT molecular complexity index is 1260. The highest BCUT2D eigenvalue weighted by Crippen LogP contribution is 2.61. The number of likely N-dealkylation sites (tertiary alicyclic amines) is 1. The summed E-state index contributed by atoms with van der Waals surface area (Å²) in [5, 5.41) is 4.90. The van der Waals surface area contributed by atoms with E-state index in [1.807, 2.05) is 0 Å². The molecule has 2 aromatic carbocycles. The van der Waals surface area contributed by atoms with Gasteiger partial charge in [-0.3, -0.25) is 9.80 Å². The van der Waals surface area contributed by atoms with E-state index in [4.69, 9.17) is 0 Å². The Hall–Kier alpha value is -2.37. The topological polar surface area (TPSA) is 34.3 Å². The molecule has 0 spiro atoms. The first-order valence-electron chi connectivity index (χ1n) is 14.7. The quantitative estimate of drug-likeness (QED) is 0.380. The lowest BCUT2D eigenvalue weighted by molar-refractivity contribution is -0.153. The first-order chi connectivity index (χ1) is 18.1. The zero-order chi connectivity index (χ0) is 25.1. The van der Waals surface area contributed by atoms with Crippen molar-refractivity contribution in [2.75, 3.05) is 25.0 Å². The Labute approximate surface area is 220 Å². The zero-order valence-corrected chi connectivity index (χ0v) is 22.3. The fourth-order valence-electron chi connectivity index (χ4n) is 8.10. The predicted molar refractivity (Wildman–Crippen MR) is 150 cm³/mol. The number of halogens is 1. The third-order valence-corrected chi connectivity index (χ3v) is 10.2. The number of rotatable bonds is 7. The molecule has 1 saturated heterocycles. The molecular formula is C32H41FN4. The van der Waals surface area contributed by atoms with Crippen molar-refractivity contribution in [3.05, 3.63) is 65.4 Å². The van der Waals surface area contributed by atoms with Crippen LogP contribution in [0.1, 0.15) is 75.2 Å². The van der Waals surface area contributed by atoms with Gasteiger partial charge < -0.3 is 10.3 Å². The smallest absolute Gasteiger partial charge is 0.134 e. The van der Waals surface area contributed by atoms with Crippen LogP contribution in [0.15, 0.2) is 48.5 Å². The van der Waals surface area contributed by atoms with Crippen LogP contribution >= 0.6 is 0 Å². The number of para-hydroxylation sites is 1. The lowest BCUT2D eigenvalue weighted by atomic mass is 9.51. The molecule has 4 nitrogen and oxygen atoms in total. The van der Waals surface area contributed by atoms with Crippen LogP contribution in [-0.2, 0) is 6.42 Å². The summed E-state index contributed by atoms with van der Waals surface area (Å²) in [5.74, 6) is 0.865. The molecule has 2 aliphatic heterocycles. The monoisotopic (exact) mass is 500 g/mol. The van der Waals surface area contributed by atoms with Crippen molar-refractivity contribution >= 4 is 16.6 Å². The zero-order valence-electron chi connectivity index (χ0n) is 22.3. The number of anilines is 1. The van der Waals surface area contributed by atoms with E-state index in [1.54, 1.807) is 0 Å². The maximum atomic E-state index is 14.8. The van der Waals surface area contributed by atoms with Crippen LogP contribution in [0.2, 0.25) is 0 Å². The first kappa shape index (κ1) is 23.7. The minimum absolute atomic E-state index is 0.126. The van der Waals surface area contributed by atoms with Crippen molar-refractivity contribution in [3.8, 4) is 0 Å². The van der Waals surface area contributed by atoms with E-state index in [0.29, 0.717) is 18.1 Å². The summed E-state index contributed by atoms with van der Waals surface area (Å²) in [6.45, 7) is 6.99. The molecule has 0 amide bonds. The van der Waals surface area contributed by atoms with E-state index in [2.05, 4.69) is 82.5 Å². The second-order valence-corrected chi connectivity index (χ2v) is 12.3. The average Bonchev–Trinajstić information content (AvgIpc) is 3.44. The van der Waals surface area contributed by atoms with Crippen molar-refractivity contribution in [2.24, 2.45) is 5.92 Å². The lowest BCUT2D eigenvalue weighted by Gasteiger charge is -2.67. The molecule has 5 heteroatoms. The molecule has 7 rings (SSSR count). The summed E-state index contributed by atoms with van der Waals surface area (Å²) < 4.78 is 14.8. The molecule has 1 aromatic heterocycles. The van der Waals surface area contributed by atoms with Crippen LogP contribution in [0.25, 0.3) is 10.9 Å². The van der Waals surface area contributed by atoms with Crippen LogP contribution in [0.5, 0.6) is 0 Å². The van der Waals surface area contributed by atoms with Crippen molar-refractivity contribution in [1.82, 2.24) is 14.8 Å². The Morgan fingerprint density at radius 3 is 2.54 bits per heavy atom. The molecule has 0 bridgehead atoms. The summed E-state index contributed by atoms with van der Waals surface area (Å²) in [4.78, 5) is 9.03. The number of benzene rings is 2. The van der Waals surface area contributed by atoms with Gasteiger partial charge in [0, 0.05) is 47.0 Å². The number of aromatic amines is 1. The van der Waals surface area contributed by atoms with E-state index < -0.39 is 6.17 Å². The lowest BCUT2D eigenvalue weighted by Crippen LogP contribution is -2.69. The van der Waals surface area contributed by atoms with Crippen LogP contribution in [-0.4, -0.2) is 58.2 Å². The van der Waals surface area contributed by atoms with Gasteiger partial charge in [0.1, 0.15) is 6.17 Å². The Balaban J connectivity index is 1.20. The van der Waals surface area contributed by atoms with Gasteiger partial charge in [-0.2, -0.15) is 0 Å². The first-order valence-corrected chi connectivity index (χ1v) is 14.7. The normalized spacial score (nSPS) is 33.5. The summed E-state index contributed by atoms with van der Waals surface area (Å²) in [5.41, 5.74) is 6.90. The van der Waals surface area contributed by atoms with Gasteiger partial charge in [0.2, 0.25) is 0 Å². The number of hydrogen-bond donors (Lipinski definition) is 2. The number of nitrogens with zero attached hydrogens (tertiary/aromatic N) is 2. The fourth-order valence-corrected chi connectivity index (χ4v) is 8.10. The van der Waals surface area contributed by atoms with E-state index >= 15 is 0 Å². The predicted octanol–water partition coefficient (Wildman–Crippen LogP) is 6.68. The highest BCUT2D eigenvalue weighted by molar-refractivity contribution is 5.85. The number of fused-ring (bicyclic) bond motifs is 4. The Morgan fingerprint density at radius 1 is 1.05 bits per heavy atom. The van der Waals surface area contributed by atoms with Crippen LogP contribution in [0, 0.1) is 5.92 Å². The van der Waals surface area contributed by atoms with E-state index in [1.165, 1.54) is 53.4 Å². The maximum absolute atomic E-state index is 14.8. The van der Waals surface area contributed by atoms with E-state index in [9.17, 15) is 4.39 Å². The second kappa shape index (κ2) is 9.13. The van der Waals surface area contributed by atoms with Crippen LogP contribution in [0.3, 0.4) is 0 Å². The van der Waals surface area contributed by atoms with Crippen molar-refractivity contribution in [1.29, 1.82) is 0 Å². The van der Waals surface area contributed by atoms with Gasteiger partial charge in [-0.25, -0.2) is 4.39 Å². The molecule has 2 saturated carbocycles. The molecule has 4 aliphatic rings. The van der Waals surface area contributed by atoms with Gasteiger partial charge in [0.05, 0.1) is 12.1 Å². The third-order valence-electron chi connectivity index (χ3n) is 10.2. The van der Waals surface area contributed by atoms with E-state index in [0.717, 1.165) is 44.0 Å². The minimum Gasteiger partial charge on any atom is -0.378 e. The molecule has 3 aromatic rings. The molecule has 0 radical (unpaired) electrons. The van der Waals surface area contributed by atoms with E-state index in [-0.39, 0.29) is 12.1 Å². The molecule has 37 heavy (non-hydrogen) atoms. The van der Waals surface area contributed by atoms with Crippen molar-refractivity contribution in [3.63, 3.8) is 0 Å². The van der Waals surface area contributed by atoms with Crippen molar-refractivity contribution < 1.29 is 4.39 Å². The Kier molecular flexibility index (Phi) is 5.85. The molecule has 4 atom stereocenters. The van der Waals surface area contributed by atoms with Gasteiger partial charge >= 0.3 is 0 Å². The fraction of sp³-hybridized carbons (Fsp3) is 0.562. The van der Waals surface area contributed by atoms with Gasteiger partial charge in [-0.1, -0.05) is 43.7 Å². The van der Waals surface area contributed by atoms with Crippen LogP contribution in [0.4, 0.5) is 10.1 Å². The summed E-state index contributed by atoms with van der Waals surface area (Å²) >= 11 is 0. The number of nitrogens with one attached hydrogen (secondary N) is 2. The van der Waals surface area contributed by atoms with Gasteiger partial charge in [-0.05, 0) is 87.2 Å². The number of alkyl halides is 1. The van der Waals surface area contributed by atoms with Gasteiger partial charge in [0.15, 0.2) is 0 Å². The van der Waals surface area contributed by atoms with Gasteiger partial charge in [-0.15, -0.1) is 0 Å². The number of hydrogen-bond acceptors (Lipinski definition) is 3. The SMILES string of the molecule is CCCCN1C[C@@H](F)[C@H](Nc2ccc([C@@H]3c4[nH]c5ccccc5c4C[C@@H](C)N3C34CCC3CC4)cc2)C1. The third kappa shape index (κ3) is 3.76. The molecule has 3 fully saturated rings.